The van der Waals surface area contributed by atoms with Gasteiger partial charge < -0.3 is 5.11 Å². The third-order valence-electron chi connectivity index (χ3n) is 6.21. The molecule has 0 aliphatic rings. The van der Waals surface area contributed by atoms with E-state index < -0.39 is 0 Å². The molecule has 1 heteroatoms. The molecule has 0 bridgehead atoms. The molecule has 1 N–H and O–H groups in total. The van der Waals surface area contributed by atoms with E-state index in [1.54, 1.807) is 0 Å². The second-order valence-electron chi connectivity index (χ2n) is 8.65. The van der Waals surface area contributed by atoms with Crippen LogP contribution in [0.15, 0.2) is 72.8 Å². The number of aryl methyl sites for hydroxylation is 1. The first kappa shape index (κ1) is 23.1. The highest BCUT2D eigenvalue weighted by atomic mass is 16.3. The van der Waals surface area contributed by atoms with Gasteiger partial charge in [-0.15, -0.1) is 0 Å². The molecule has 3 rings (SSSR count). The smallest absolute Gasteiger partial charge is 0.123 e. The number of rotatable bonds is 13. The molecule has 3 aromatic rings. The Labute approximate surface area is 189 Å². The van der Waals surface area contributed by atoms with Gasteiger partial charge in [0.15, 0.2) is 0 Å². The van der Waals surface area contributed by atoms with Gasteiger partial charge in [-0.2, -0.15) is 0 Å². The molecule has 0 spiro atoms. The summed E-state index contributed by atoms with van der Waals surface area (Å²) < 4.78 is 0. The highest BCUT2D eigenvalue weighted by molar-refractivity contribution is 5.87. The quantitative estimate of drug-likeness (QED) is 0.276. The van der Waals surface area contributed by atoms with Gasteiger partial charge in [0.2, 0.25) is 0 Å². The van der Waals surface area contributed by atoms with E-state index >= 15 is 0 Å². The Morgan fingerprint density at radius 2 is 1.13 bits per heavy atom. The number of benzene rings is 3. The van der Waals surface area contributed by atoms with Crippen molar-refractivity contribution < 1.29 is 5.11 Å². The van der Waals surface area contributed by atoms with Gasteiger partial charge in [-0.05, 0) is 41.2 Å². The fourth-order valence-electron chi connectivity index (χ4n) is 4.48. The second-order valence-corrected chi connectivity index (χ2v) is 8.65. The standard InChI is InChI=1S/C30H38O/c1-2-3-4-5-6-7-8-9-10-12-20-26-21-17-24-29(31)30(26)28-23-16-15-22-27(28)25-18-13-11-14-19-25/h11,13-19,21-24,31H,2-10,12,20H2,1H3. The van der Waals surface area contributed by atoms with Crippen LogP contribution in [0.5, 0.6) is 5.75 Å². The molecule has 0 aliphatic carbocycles. The molecule has 31 heavy (non-hydrogen) atoms. The lowest BCUT2D eigenvalue weighted by Crippen LogP contribution is -1.94. The maximum absolute atomic E-state index is 10.8. The molecule has 0 fully saturated rings. The van der Waals surface area contributed by atoms with Gasteiger partial charge >= 0.3 is 0 Å². The fraction of sp³-hybridized carbons (Fsp3) is 0.400. The summed E-state index contributed by atoms with van der Waals surface area (Å²) in [4.78, 5) is 0. The molecule has 0 aliphatic heterocycles. The van der Waals surface area contributed by atoms with Crippen molar-refractivity contribution in [2.24, 2.45) is 0 Å². The number of hydrogen-bond donors (Lipinski definition) is 1. The van der Waals surface area contributed by atoms with Crippen molar-refractivity contribution in [1.29, 1.82) is 0 Å². The maximum atomic E-state index is 10.8. The summed E-state index contributed by atoms with van der Waals surface area (Å²) in [7, 11) is 0. The molecule has 0 heterocycles. The number of hydrogen-bond acceptors (Lipinski definition) is 1. The lowest BCUT2D eigenvalue weighted by molar-refractivity contribution is 0.476. The Kier molecular flexibility index (Phi) is 9.70. The summed E-state index contributed by atoms with van der Waals surface area (Å²) in [5.74, 6) is 0.382. The average Bonchev–Trinajstić information content (AvgIpc) is 2.81. The molecule has 3 aromatic carbocycles. The van der Waals surface area contributed by atoms with Crippen molar-refractivity contribution in [3.8, 4) is 28.0 Å². The van der Waals surface area contributed by atoms with Gasteiger partial charge in [-0.1, -0.05) is 131 Å². The van der Waals surface area contributed by atoms with Crippen LogP contribution >= 0.6 is 0 Å². The summed E-state index contributed by atoms with van der Waals surface area (Å²) in [5, 5.41) is 10.8. The number of phenols is 1. The normalized spacial score (nSPS) is 11.0. The van der Waals surface area contributed by atoms with Crippen molar-refractivity contribution in [2.45, 2.75) is 77.6 Å². The van der Waals surface area contributed by atoms with Crippen LogP contribution in [-0.4, -0.2) is 5.11 Å². The summed E-state index contributed by atoms with van der Waals surface area (Å²) in [6, 6.07) is 24.9. The van der Waals surface area contributed by atoms with Crippen LogP contribution < -0.4 is 0 Å². The molecule has 0 saturated carbocycles. The highest BCUT2D eigenvalue weighted by Crippen LogP contribution is 2.39. The van der Waals surface area contributed by atoms with E-state index in [0.29, 0.717) is 5.75 Å². The van der Waals surface area contributed by atoms with Crippen LogP contribution in [-0.2, 0) is 6.42 Å². The second kappa shape index (κ2) is 13.0. The molecular formula is C30H38O. The first-order chi connectivity index (χ1) is 15.3. The summed E-state index contributed by atoms with van der Waals surface area (Å²) in [5.41, 5.74) is 5.73. The molecule has 164 valence electrons. The Morgan fingerprint density at radius 3 is 1.81 bits per heavy atom. The Balaban J connectivity index is 1.61. The molecule has 0 atom stereocenters. The molecule has 0 saturated heterocycles. The maximum Gasteiger partial charge on any atom is 0.123 e. The minimum Gasteiger partial charge on any atom is -0.507 e. The highest BCUT2D eigenvalue weighted by Gasteiger charge is 2.14. The van der Waals surface area contributed by atoms with Crippen molar-refractivity contribution in [2.75, 3.05) is 0 Å². The molecule has 0 radical (unpaired) electrons. The fourth-order valence-corrected chi connectivity index (χ4v) is 4.48. The van der Waals surface area contributed by atoms with Gasteiger partial charge in [0, 0.05) is 5.56 Å². The van der Waals surface area contributed by atoms with Gasteiger partial charge in [0.05, 0.1) is 0 Å². The zero-order valence-corrected chi connectivity index (χ0v) is 19.2. The van der Waals surface area contributed by atoms with E-state index in [9.17, 15) is 5.11 Å². The van der Waals surface area contributed by atoms with Crippen LogP contribution in [0.3, 0.4) is 0 Å². The van der Waals surface area contributed by atoms with Crippen LogP contribution in [0.25, 0.3) is 22.3 Å². The van der Waals surface area contributed by atoms with Crippen LogP contribution in [0.1, 0.15) is 76.7 Å². The molecule has 0 unspecified atom stereocenters. The van der Waals surface area contributed by atoms with Crippen LogP contribution in [0.2, 0.25) is 0 Å². The van der Waals surface area contributed by atoms with Crippen molar-refractivity contribution in [3.05, 3.63) is 78.4 Å². The minimum atomic E-state index is 0.382. The van der Waals surface area contributed by atoms with Crippen molar-refractivity contribution in [3.63, 3.8) is 0 Å². The SMILES string of the molecule is CCCCCCCCCCCCc1cccc(O)c1-c1ccccc1-c1ccccc1. The number of phenolic OH excluding ortho intramolecular Hbond substituents is 1. The van der Waals surface area contributed by atoms with Gasteiger partial charge in [-0.3, -0.25) is 0 Å². The number of aromatic hydroxyl groups is 1. The van der Waals surface area contributed by atoms with E-state index in [4.69, 9.17) is 0 Å². The molecule has 0 aromatic heterocycles. The van der Waals surface area contributed by atoms with Crippen molar-refractivity contribution in [1.82, 2.24) is 0 Å². The Hall–Kier alpha value is -2.54. The largest absolute Gasteiger partial charge is 0.507 e. The summed E-state index contributed by atoms with van der Waals surface area (Å²) in [6.45, 7) is 2.28. The molecule has 0 amide bonds. The molecular weight excluding hydrogens is 376 g/mol. The van der Waals surface area contributed by atoms with Crippen LogP contribution in [0, 0.1) is 0 Å². The average molecular weight is 415 g/mol. The minimum absolute atomic E-state index is 0.382. The van der Waals surface area contributed by atoms with E-state index in [1.807, 2.05) is 18.2 Å². The number of unbranched alkanes of at least 4 members (excludes halogenated alkanes) is 9. The lowest BCUT2D eigenvalue weighted by Gasteiger charge is -2.16. The van der Waals surface area contributed by atoms with Gasteiger partial charge in [0.1, 0.15) is 5.75 Å². The topological polar surface area (TPSA) is 20.2 Å². The van der Waals surface area contributed by atoms with Crippen LogP contribution in [0.4, 0.5) is 0 Å². The third-order valence-corrected chi connectivity index (χ3v) is 6.21. The third kappa shape index (κ3) is 6.99. The van der Waals surface area contributed by atoms with E-state index in [1.165, 1.54) is 80.9 Å². The predicted molar refractivity (Wildman–Crippen MR) is 135 cm³/mol. The zero-order chi connectivity index (χ0) is 21.7. The molecule has 1 nitrogen and oxygen atoms in total. The van der Waals surface area contributed by atoms with E-state index in [-0.39, 0.29) is 0 Å². The Bertz CT molecular complexity index is 897. The van der Waals surface area contributed by atoms with Crippen molar-refractivity contribution >= 4 is 0 Å². The first-order valence-electron chi connectivity index (χ1n) is 12.3. The summed E-state index contributed by atoms with van der Waals surface area (Å²) in [6.07, 6.45) is 14.4. The zero-order valence-electron chi connectivity index (χ0n) is 19.2. The summed E-state index contributed by atoms with van der Waals surface area (Å²) >= 11 is 0. The van der Waals surface area contributed by atoms with E-state index in [2.05, 4.69) is 61.5 Å². The van der Waals surface area contributed by atoms with E-state index in [0.717, 1.165) is 17.5 Å². The monoisotopic (exact) mass is 414 g/mol. The first-order valence-corrected chi connectivity index (χ1v) is 12.3. The van der Waals surface area contributed by atoms with Gasteiger partial charge in [0.25, 0.3) is 0 Å². The lowest BCUT2D eigenvalue weighted by atomic mass is 9.89. The Morgan fingerprint density at radius 1 is 0.548 bits per heavy atom. The predicted octanol–water partition coefficient (Wildman–Crippen LogP) is 9.19. The van der Waals surface area contributed by atoms with Gasteiger partial charge in [-0.25, -0.2) is 0 Å².